The first-order valence-corrected chi connectivity index (χ1v) is 12.4. The number of hydrogen-bond acceptors (Lipinski definition) is 4. The fourth-order valence-electron chi connectivity index (χ4n) is 3.71. The van der Waals surface area contributed by atoms with Crippen LogP contribution in [0.1, 0.15) is 49.0 Å². The van der Waals surface area contributed by atoms with E-state index in [-0.39, 0.29) is 22.6 Å². The molecule has 7 nitrogen and oxygen atoms in total. The van der Waals surface area contributed by atoms with Gasteiger partial charge in [0.15, 0.2) is 0 Å². The lowest BCUT2D eigenvalue weighted by Gasteiger charge is -2.26. The van der Waals surface area contributed by atoms with Crippen LogP contribution in [0, 0.1) is 12.8 Å². The van der Waals surface area contributed by atoms with Crippen molar-refractivity contribution in [2.24, 2.45) is 5.92 Å². The number of sulfonamides is 1. The molecule has 0 unspecified atom stereocenters. The van der Waals surface area contributed by atoms with Crippen molar-refractivity contribution in [2.75, 3.05) is 18.4 Å². The second-order valence-electron chi connectivity index (χ2n) is 8.49. The maximum Gasteiger partial charge on any atom is 0.251 e. The van der Waals surface area contributed by atoms with Crippen LogP contribution >= 0.6 is 0 Å². The molecule has 1 aliphatic heterocycles. The van der Waals surface area contributed by atoms with Gasteiger partial charge < -0.3 is 10.6 Å². The third-order valence-corrected chi connectivity index (χ3v) is 7.59. The lowest BCUT2D eigenvalue weighted by Crippen LogP contribution is -2.47. The molecule has 1 fully saturated rings. The van der Waals surface area contributed by atoms with E-state index >= 15 is 0 Å². The first-order valence-electron chi connectivity index (χ1n) is 11.0. The average molecular weight is 458 g/mol. The van der Waals surface area contributed by atoms with E-state index in [9.17, 15) is 18.0 Å². The van der Waals surface area contributed by atoms with Crippen LogP contribution in [0.3, 0.4) is 0 Å². The van der Waals surface area contributed by atoms with Crippen molar-refractivity contribution in [3.8, 4) is 0 Å². The zero-order valence-electron chi connectivity index (χ0n) is 18.8. The molecule has 1 atom stereocenters. The van der Waals surface area contributed by atoms with E-state index in [1.165, 1.54) is 10.4 Å². The maximum absolute atomic E-state index is 13.1. The number of piperidine rings is 1. The Labute approximate surface area is 190 Å². The standard InChI is InChI=1S/C24H31N3O4S/c1-17(2)22(26-23(28)19-10-6-4-7-11-19)24(29)25-21-16-20(13-12-18(21)3)32(30,31)27-14-8-5-9-15-27/h4,6-7,10-13,16-17,22H,5,8-9,14-15H2,1-3H3,(H,25,29)(H,26,28)/t22-/m1/s1. The molecule has 1 aliphatic rings. The number of rotatable bonds is 7. The van der Waals surface area contributed by atoms with E-state index in [1.807, 2.05) is 19.9 Å². The molecule has 3 rings (SSSR count). The maximum atomic E-state index is 13.1. The van der Waals surface area contributed by atoms with Crippen LogP contribution < -0.4 is 10.6 Å². The van der Waals surface area contributed by atoms with Gasteiger partial charge in [-0.05, 0) is 55.5 Å². The molecule has 2 aromatic carbocycles. The van der Waals surface area contributed by atoms with Crippen molar-refractivity contribution < 1.29 is 18.0 Å². The number of nitrogens with zero attached hydrogens (tertiary/aromatic N) is 1. The van der Waals surface area contributed by atoms with Crippen molar-refractivity contribution in [2.45, 2.75) is 51.0 Å². The van der Waals surface area contributed by atoms with Crippen LogP contribution in [-0.2, 0) is 14.8 Å². The average Bonchev–Trinajstić information content (AvgIpc) is 2.79. The van der Waals surface area contributed by atoms with Gasteiger partial charge in [-0.15, -0.1) is 0 Å². The Balaban J connectivity index is 1.79. The summed E-state index contributed by atoms with van der Waals surface area (Å²) in [5.41, 5.74) is 1.64. The first-order chi connectivity index (χ1) is 15.2. The highest BCUT2D eigenvalue weighted by molar-refractivity contribution is 7.89. The fourth-order valence-corrected chi connectivity index (χ4v) is 5.25. The van der Waals surface area contributed by atoms with Crippen LogP contribution in [0.5, 0.6) is 0 Å². The largest absolute Gasteiger partial charge is 0.340 e. The van der Waals surface area contributed by atoms with Gasteiger partial charge in [-0.3, -0.25) is 9.59 Å². The molecule has 1 saturated heterocycles. The van der Waals surface area contributed by atoms with Crippen LogP contribution in [0.25, 0.3) is 0 Å². The summed E-state index contributed by atoms with van der Waals surface area (Å²) in [6.45, 7) is 6.52. The fraction of sp³-hybridized carbons (Fsp3) is 0.417. The highest BCUT2D eigenvalue weighted by Gasteiger charge is 2.28. The third kappa shape index (κ3) is 5.55. The number of carbonyl (C=O) groups excluding carboxylic acids is 2. The predicted octanol–water partition coefficient (Wildman–Crippen LogP) is 3.56. The number of aryl methyl sites for hydroxylation is 1. The Morgan fingerprint density at radius 2 is 1.62 bits per heavy atom. The molecule has 172 valence electrons. The first kappa shape index (κ1) is 23.9. The van der Waals surface area contributed by atoms with Crippen LogP contribution in [0.15, 0.2) is 53.4 Å². The summed E-state index contributed by atoms with van der Waals surface area (Å²) in [6.07, 6.45) is 2.74. The number of nitrogens with one attached hydrogen (secondary N) is 2. The third-order valence-electron chi connectivity index (χ3n) is 5.69. The molecule has 8 heteroatoms. The Morgan fingerprint density at radius 1 is 0.969 bits per heavy atom. The van der Waals surface area contributed by atoms with Crippen molar-refractivity contribution >= 4 is 27.5 Å². The van der Waals surface area contributed by atoms with Gasteiger partial charge in [-0.1, -0.05) is 44.5 Å². The Bertz CT molecular complexity index is 1060. The molecule has 0 bridgehead atoms. The van der Waals surface area contributed by atoms with Gasteiger partial charge in [0.25, 0.3) is 5.91 Å². The Hall–Kier alpha value is -2.71. The molecule has 2 N–H and O–H groups in total. The van der Waals surface area contributed by atoms with Crippen molar-refractivity contribution in [1.29, 1.82) is 0 Å². The summed E-state index contributed by atoms with van der Waals surface area (Å²) in [5.74, 6) is -0.888. The molecule has 0 radical (unpaired) electrons. The van der Waals surface area contributed by atoms with Crippen LogP contribution in [0.4, 0.5) is 5.69 Å². The molecule has 2 aromatic rings. The molecule has 0 aliphatic carbocycles. The monoisotopic (exact) mass is 457 g/mol. The van der Waals surface area contributed by atoms with Gasteiger partial charge in [0.2, 0.25) is 15.9 Å². The summed E-state index contributed by atoms with van der Waals surface area (Å²) < 4.78 is 27.6. The van der Waals surface area contributed by atoms with Crippen LogP contribution in [0.2, 0.25) is 0 Å². The number of carbonyl (C=O) groups is 2. The molecule has 2 amide bonds. The molecular formula is C24H31N3O4S. The lowest BCUT2D eigenvalue weighted by molar-refractivity contribution is -0.118. The van der Waals surface area contributed by atoms with E-state index in [0.717, 1.165) is 24.8 Å². The van der Waals surface area contributed by atoms with E-state index < -0.39 is 16.1 Å². The van der Waals surface area contributed by atoms with Gasteiger partial charge >= 0.3 is 0 Å². The highest BCUT2D eigenvalue weighted by atomic mass is 32.2. The van der Waals surface area contributed by atoms with Crippen molar-refractivity contribution in [3.05, 3.63) is 59.7 Å². The smallest absolute Gasteiger partial charge is 0.251 e. The quantitative estimate of drug-likeness (QED) is 0.665. The molecule has 0 spiro atoms. The summed E-state index contributed by atoms with van der Waals surface area (Å²) in [4.78, 5) is 25.8. The zero-order valence-corrected chi connectivity index (χ0v) is 19.6. The minimum atomic E-state index is -3.62. The zero-order chi connectivity index (χ0) is 23.3. The molecule has 0 aromatic heterocycles. The predicted molar refractivity (Wildman–Crippen MR) is 125 cm³/mol. The minimum absolute atomic E-state index is 0.162. The summed E-state index contributed by atoms with van der Waals surface area (Å²) in [7, 11) is -3.62. The normalized spacial score (nSPS) is 15.9. The van der Waals surface area contributed by atoms with Gasteiger partial charge in [-0.2, -0.15) is 4.31 Å². The summed E-state index contributed by atoms with van der Waals surface area (Å²) >= 11 is 0. The van der Waals surface area contributed by atoms with Gasteiger partial charge in [0.05, 0.1) is 4.90 Å². The molecule has 32 heavy (non-hydrogen) atoms. The number of benzene rings is 2. The molecule has 1 heterocycles. The minimum Gasteiger partial charge on any atom is -0.340 e. The van der Waals surface area contributed by atoms with E-state index in [1.54, 1.807) is 43.3 Å². The van der Waals surface area contributed by atoms with Crippen molar-refractivity contribution in [3.63, 3.8) is 0 Å². The van der Waals surface area contributed by atoms with E-state index in [0.29, 0.717) is 24.3 Å². The van der Waals surface area contributed by atoms with Gasteiger partial charge in [0.1, 0.15) is 6.04 Å². The molecule has 0 saturated carbocycles. The van der Waals surface area contributed by atoms with Gasteiger partial charge in [0, 0.05) is 24.3 Å². The summed E-state index contributed by atoms with van der Waals surface area (Å²) in [5, 5.41) is 5.62. The second kappa shape index (κ2) is 10.3. The SMILES string of the molecule is Cc1ccc(S(=O)(=O)N2CCCCC2)cc1NC(=O)[C@H](NC(=O)c1ccccc1)C(C)C. The number of anilines is 1. The van der Waals surface area contributed by atoms with Gasteiger partial charge in [-0.25, -0.2) is 8.42 Å². The Kier molecular flexibility index (Phi) is 7.69. The van der Waals surface area contributed by atoms with E-state index in [4.69, 9.17) is 0 Å². The van der Waals surface area contributed by atoms with E-state index in [2.05, 4.69) is 10.6 Å². The second-order valence-corrected chi connectivity index (χ2v) is 10.4. The van der Waals surface area contributed by atoms with Crippen LogP contribution in [-0.4, -0.2) is 43.7 Å². The highest BCUT2D eigenvalue weighted by Crippen LogP contribution is 2.25. The van der Waals surface area contributed by atoms with Crippen molar-refractivity contribution in [1.82, 2.24) is 9.62 Å². The summed E-state index contributed by atoms with van der Waals surface area (Å²) in [6, 6.07) is 12.7. The topological polar surface area (TPSA) is 95.6 Å². The Morgan fingerprint density at radius 3 is 2.25 bits per heavy atom. The number of hydrogen-bond donors (Lipinski definition) is 2. The molecular weight excluding hydrogens is 426 g/mol. The number of amides is 2. The lowest BCUT2D eigenvalue weighted by atomic mass is 10.0.